The summed E-state index contributed by atoms with van der Waals surface area (Å²) in [6.07, 6.45) is 1.58. The van der Waals surface area contributed by atoms with Crippen LogP contribution in [0, 0.1) is 0 Å². The average Bonchev–Trinajstić information content (AvgIpc) is 2.39. The highest BCUT2D eigenvalue weighted by Gasteiger charge is 2.31. The smallest absolute Gasteiger partial charge is 0.176 e. The van der Waals surface area contributed by atoms with Gasteiger partial charge in [-0.3, -0.25) is 4.79 Å². The molecule has 2 N–H and O–H groups in total. The van der Waals surface area contributed by atoms with Gasteiger partial charge in [-0.05, 0) is 31.5 Å². The van der Waals surface area contributed by atoms with Crippen LogP contribution in [0.5, 0.6) is 0 Å². The van der Waals surface area contributed by atoms with Crippen molar-refractivity contribution in [1.82, 2.24) is 4.98 Å². The van der Waals surface area contributed by atoms with Crippen LogP contribution in [0.3, 0.4) is 0 Å². The Morgan fingerprint density at radius 3 is 2.39 bits per heavy atom. The summed E-state index contributed by atoms with van der Waals surface area (Å²) >= 11 is 0. The van der Waals surface area contributed by atoms with E-state index >= 15 is 0 Å². The molecular weight excluding hydrogens is 224 g/mol. The molecule has 1 heterocycles. The zero-order chi connectivity index (χ0) is 13.2. The Kier molecular flexibility index (Phi) is 3.15. The summed E-state index contributed by atoms with van der Waals surface area (Å²) in [4.78, 5) is 16.5. The van der Waals surface area contributed by atoms with E-state index in [-0.39, 0.29) is 11.6 Å². The van der Waals surface area contributed by atoms with E-state index in [9.17, 15) is 4.79 Å². The van der Waals surface area contributed by atoms with Crippen LogP contribution >= 0.6 is 0 Å². The Labute approximate surface area is 107 Å². The standard InChI is InChI=1S/C15H16N2O/c1-15(2,11-7-4-3-5-8-11)13(18)12-9-6-10-17-14(12)16/h3-10H,1-2H3,(H2,16,17). The maximum atomic E-state index is 12.6. The van der Waals surface area contributed by atoms with Gasteiger partial charge in [0.1, 0.15) is 5.82 Å². The molecule has 3 nitrogen and oxygen atoms in total. The number of Topliss-reactive ketones (excluding diaryl/α,β-unsaturated/α-hetero) is 1. The molecule has 1 aromatic carbocycles. The van der Waals surface area contributed by atoms with Gasteiger partial charge in [0, 0.05) is 6.20 Å². The van der Waals surface area contributed by atoms with Crippen LogP contribution in [-0.2, 0) is 5.41 Å². The molecule has 0 bridgehead atoms. The molecule has 0 amide bonds. The second-order valence-electron chi connectivity index (χ2n) is 4.76. The van der Waals surface area contributed by atoms with Crippen molar-refractivity contribution >= 4 is 11.6 Å². The van der Waals surface area contributed by atoms with Crippen molar-refractivity contribution in [3.8, 4) is 0 Å². The van der Waals surface area contributed by atoms with Gasteiger partial charge in [0.2, 0.25) is 0 Å². The first kappa shape index (κ1) is 12.3. The molecule has 0 saturated heterocycles. The summed E-state index contributed by atoms with van der Waals surface area (Å²) in [6, 6.07) is 13.1. The van der Waals surface area contributed by atoms with E-state index in [0.29, 0.717) is 5.56 Å². The normalized spacial score (nSPS) is 11.2. The molecular formula is C15H16N2O. The fourth-order valence-corrected chi connectivity index (χ4v) is 1.93. The minimum atomic E-state index is -0.613. The number of nitrogen functional groups attached to an aromatic ring is 1. The van der Waals surface area contributed by atoms with Gasteiger partial charge in [-0.2, -0.15) is 0 Å². The van der Waals surface area contributed by atoms with E-state index in [0.717, 1.165) is 5.56 Å². The van der Waals surface area contributed by atoms with E-state index in [1.54, 1.807) is 18.3 Å². The van der Waals surface area contributed by atoms with E-state index in [1.165, 1.54) is 0 Å². The van der Waals surface area contributed by atoms with Crippen molar-refractivity contribution in [3.05, 3.63) is 59.8 Å². The van der Waals surface area contributed by atoms with E-state index in [2.05, 4.69) is 4.98 Å². The minimum Gasteiger partial charge on any atom is -0.383 e. The van der Waals surface area contributed by atoms with Crippen LogP contribution < -0.4 is 5.73 Å². The molecule has 2 aromatic rings. The van der Waals surface area contributed by atoms with Crippen LogP contribution in [0.1, 0.15) is 29.8 Å². The van der Waals surface area contributed by atoms with E-state index in [1.807, 2.05) is 44.2 Å². The monoisotopic (exact) mass is 240 g/mol. The summed E-state index contributed by atoms with van der Waals surface area (Å²) in [6.45, 7) is 3.80. The highest BCUT2D eigenvalue weighted by molar-refractivity contribution is 6.06. The Bertz CT molecular complexity index is 562. The number of nitrogens with two attached hydrogens (primary N) is 1. The predicted molar refractivity (Wildman–Crippen MR) is 72.4 cm³/mol. The first-order valence-electron chi connectivity index (χ1n) is 5.84. The maximum absolute atomic E-state index is 12.6. The molecule has 0 fully saturated rings. The highest BCUT2D eigenvalue weighted by Crippen LogP contribution is 2.28. The molecule has 0 spiro atoms. The lowest BCUT2D eigenvalue weighted by Crippen LogP contribution is -2.29. The quantitative estimate of drug-likeness (QED) is 0.839. The first-order valence-corrected chi connectivity index (χ1v) is 5.84. The summed E-state index contributed by atoms with van der Waals surface area (Å²) in [5.41, 5.74) is 6.60. The first-order chi connectivity index (χ1) is 8.53. The number of anilines is 1. The average molecular weight is 240 g/mol. The predicted octanol–water partition coefficient (Wildman–Crippen LogP) is 2.82. The molecule has 0 saturated carbocycles. The lowest BCUT2D eigenvalue weighted by molar-refractivity contribution is 0.0909. The number of ketones is 1. The fourth-order valence-electron chi connectivity index (χ4n) is 1.93. The molecule has 0 aliphatic rings. The van der Waals surface area contributed by atoms with Crippen LogP contribution in [0.25, 0.3) is 0 Å². The van der Waals surface area contributed by atoms with Crippen molar-refractivity contribution in [3.63, 3.8) is 0 Å². The molecule has 0 atom stereocenters. The number of pyridine rings is 1. The maximum Gasteiger partial charge on any atom is 0.176 e. The van der Waals surface area contributed by atoms with Gasteiger partial charge in [-0.25, -0.2) is 4.98 Å². The molecule has 0 aliphatic heterocycles. The van der Waals surface area contributed by atoms with Crippen LogP contribution in [0.15, 0.2) is 48.7 Å². The topological polar surface area (TPSA) is 56.0 Å². The molecule has 92 valence electrons. The Morgan fingerprint density at radius 2 is 1.78 bits per heavy atom. The summed E-state index contributed by atoms with van der Waals surface area (Å²) < 4.78 is 0. The second-order valence-corrected chi connectivity index (χ2v) is 4.76. The van der Waals surface area contributed by atoms with Gasteiger partial charge in [-0.15, -0.1) is 0 Å². The zero-order valence-corrected chi connectivity index (χ0v) is 10.6. The summed E-state index contributed by atoms with van der Waals surface area (Å²) in [7, 11) is 0. The molecule has 0 radical (unpaired) electrons. The number of hydrogen-bond acceptors (Lipinski definition) is 3. The van der Waals surface area contributed by atoms with Crippen LogP contribution in [0.4, 0.5) is 5.82 Å². The zero-order valence-electron chi connectivity index (χ0n) is 10.6. The number of benzene rings is 1. The minimum absolute atomic E-state index is 0.0145. The molecule has 0 aliphatic carbocycles. The summed E-state index contributed by atoms with van der Waals surface area (Å²) in [5.74, 6) is 0.269. The van der Waals surface area contributed by atoms with Gasteiger partial charge >= 0.3 is 0 Å². The SMILES string of the molecule is CC(C)(C(=O)c1cccnc1N)c1ccccc1. The van der Waals surface area contributed by atoms with Gasteiger partial charge in [0.25, 0.3) is 0 Å². The van der Waals surface area contributed by atoms with Crippen molar-refractivity contribution < 1.29 is 4.79 Å². The van der Waals surface area contributed by atoms with Gasteiger partial charge in [-0.1, -0.05) is 30.3 Å². The van der Waals surface area contributed by atoms with Crippen molar-refractivity contribution in [1.29, 1.82) is 0 Å². The van der Waals surface area contributed by atoms with Gasteiger partial charge in [0.15, 0.2) is 5.78 Å². The Morgan fingerprint density at radius 1 is 1.11 bits per heavy atom. The van der Waals surface area contributed by atoms with Gasteiger partial charge in [0.05, 0.1) is 11.0 Å². The van der Waals surface area contributed by atoms with Crippen molar-refractivity contribution in [2.75, 3.05) is 5.73 Å². The van der Waals surface area contributed by atoms with Crippen LogP contribution in [0.2, 0.25) is 0 Å². The lowest BCUT2D eigenvalue weighted by atomic mass is 9.78. The molecule has 0 unspecified atom stereocenters. The number of nitrogens with zero attached hydrogens (tertiary/aromatic N) is 1. The van der Waals surface area contributed by atoms with Crippen LogP contribution in [-0.4, -0.2) is 10.8 Å². The fraction of sp³-hybridized carbons (Fsp3) is 0.200. The molecule has 18 heavy (non-hydrogen) atoms. The molecule has 2 rings (SSSR count). The third-order valence-corrected chi connectivity index (χ3v) is 3.15. The van der Waals surface area contributed by atoms with Crippen molar-refractivity contribution in [2.45, 2.75) is 19.3 Å². The number of hydrogen-bond donors (Lipinski definition) is 1. The third-order valence-electron chi connectivity index (χ3n) is 3.15. The van der Waals surface area contributed by atoms with E-state index in [4.69, 9.17) is 5.73 Å². The highest BCUT2D eigenvalue weighted by atomic mass is 16.1. The Balaban J connectivity index is 2.43. The molecule has 3 heteroatoms. The van der Waals surface area contributed by atoms with Gasteiger partial charge < -0.3 is 5.73 Å². The molecule has 1 aromatic heterocycles. The third kappa shape index (κ3) is 2.12. The summed E-state index contributed by atoms with van der Waals surface area (Å²) in [5, 5.41) is 0. The number of carbonyl (C=O) groups excluding carboxylic acids is 1. The number of aromatic nitrogens is 1. The van der Waals surface area contributed by atoms with Crippen molar-refractivity contribution in [2.24, 2.45) is 0 Å². The van der Waals surface area contributed by atoms with E-state index < -0.39 is 5.41 Å². The number of rotatable bonds is 3. The lowest BCUT2D eigenvalue weighted by Gasteiger charge is -2.24. The number of carbonyl (C=O) groups is 1. The second kappa shape index (κ2) is 4.61. The largest absolute Gasteiger partial charge is 0.383 e. The Hall–Kier alpha value is -2.16.